The number of hydrogen-bond acceptors (Lipinski definition) is 4. The first kappa shape index (κ1) is 22.7. The molecule has 0 amide bonds. The number of benzene rings is 1. The zero-order chi connectivity index (χ0) is 19.3. The highest BCUT2D eigenvalue weighted by molar-refractivity contribution is 14.0. The second-order valence-electron chi connectivity index (χ2n) is 7.80. The largest absolute Gasteiger partial charge is 0.379 e. The molecule has 1 aromatic rings. The number of aliphatic imine (C=N–C) groups is 1. The summed E-state index contributed by atoms with van der Waals surface area (Å²) in [7, 11) is 0. The fourth-order valence-corrected chi connectivity index (χ4v) is 4.47. The molecule has 0 spiro atoms. The van der Waals surface area contributed by atoms with Crippen molar-refractivity contribution >= 4 is 29.9 Å². The van der Waals surface area contributed by atoms with E-state index in [0.717, 1.165) is 57.2 Å². The van der Waals surface area contributed by atoms with Gasteiger partial charge in [0.25, 0.3) is 0 Å². The average molecular weight is 518 g/mol. The van der Waals surface area contributed by atoms with Crippen LogP contribution in [0.5, 0.6) is 0 Å². The van der Waals surface area contributed by atoms with Gasteiger partial charge in [0.2, 0.25) is 0 Å². The Morgan fingerprint density at radius 3 is 2.62 bits per heavy atom. The number of halogens is 2. The first-order chi connectivity index (χ1) is 13.7. The van der Waals surface area contributed by atoms with Gasteiger partial charge in [-0.15, -0.1) is 24.0 Å². The molecule has 3 aliphatic rings. The van der Waals surface area contributed by atoms with Crippen LogP contribution in [-0.4, -0.2) is 68.5 Å². The summed E-state index contributed by atoms with van der Waals surface area (Å²) >= 11 is 0. The van der Waals surface area contributed by atoms with Crippen LogP contribution < -0.4 is 10.6 Å². The van der Waals surface area contributed by atoms with Crippen LogP contribution in [0.15, 0.2) is 29.3 Å². The van der Waals surface area contributed by atoms with Gasteiger partial charge in [0.1, 0.15) is 5.82 Å². The van der Waals surface area contributed by atoms with E-state index < -0.39 is 0 Å². The standard InChI is InChI=1S/C21H31FN4O2.HI/c1-2-23-21(25-18-13-17-7-8-20(18)28-17)24-14-19(26-9-11-27-12-10-26)15-3-5-16(22)6-4-15;/h3-6,17-20H,2,7-14H2,1H3,(H2,23,24,25);1H. The quantitative estimate of drug-likeness (QED) is 0.345. The van der Waals surface area contributed by atoms with E-state index in [-0.39, 0.29) is 35.8 Å². The molecule has 3 heterocycles. The maximum absolute atomic E-state index is 13.4. The van der Waals surface area contributed by atoms with Crippen molar-refractivity contribution in [2.45, 2.75) is 50.5 Å². The van der Waals surface area contributed by atoms with Gasteiger partial charge in [0, 0.05) is 19.6 Å². The molecule has 8 heteroatoms. The maximum atomic E-state index is 13.4. The van der Waals surface area contributed by atoms with Gasteiger partial charge in [0.15, 0.2) is 5.96 Å². The van der Waals surface area contributed by atoms with Crippen molar-refractivity contribution in [3.05, 3.63) is 35.6 Å². The normalized spacial score (nSPS) is 28.1. The molecule has 4 rings (SSSR count). The van der Waals surface area contributed by atoms with Gasteiger partial charge >= 0.3 is 0 Å². The Morgan fingerprint density at radius 1 is 1.24 bits per heavy atom. The number of nitrogens with one attached hydrogen (secondary N) is 2. The molecule has 2 N–H and O–H groups in total. The molecule has 0 aliphatic carbocycles. The summed E-state index contributed by atoms with van der Waals surface area (Å²) in [5.74, 6) is 0.628. The molecule has 1 aromatic carbocycles. The van der Waals surface area contributed by atoms with E-state index in [1.54, 1.807) is 0 Å². The van der Waals surface area contributed by atoms with Crippen LogP contribution in [0.2, 0.25) is 0 Å². The van der Waals surface area contributed by atoms with Crippen LogP contribution in [0, 0.1) is 5.82 Å². The summed E-state index contributed by atoms with van der Waals surface area (Å²) in [6.45, 7) is 6.68. The molecule has 29 heavy (non-hydrogen) atoms. The van der Waals surface area contributed by atoms with E-state index >= 15 is 0 Å². The highest BCUT2D eigenvalue weighted by Crippen LogP contribution is 2.34. The van der Waals surface area contributed by atoms with E-state index in [2.05, 4.69) is 22.5 Å². The average Bonchev–Trinajstić information content (AvgIpc) is 3.33. The highest BCUT2D eigenvalue weighted by atomic mass is 127. The molecule has 4 atom stereocenters. The van der Waals surface area contributed by atoms with Crippen molar-refractivity contribution in [1.29, 1.82) is 0 Å². The van der Waals surface area contributed by atoms with Crippen LogP contribution in [0.1, 0.15) is 37.8 Å². The number of ether oxygens (including phenoxy) is 2. The monoisotopic (exact) mass is 518 g/mol. The van der Waals surface area contributed by atoms with E-state index in [4.69, 9.17) is 14.5 Å². The summed E-state index contributed by atoms with van der Waals surface area (Å²) in [5.41, 5.74) is 1.09. The minimum absolute atomic E-state index is 0. The Hall–Kier alpha value is -0.970. The van der Waals surface area contributed by atoms with Gasteiger partial charge in [-0.2, -0.15) is 0 Å². The van der Waals surface area contributed by atoms with Crippen LogP contribution in [0.3, 0.4) is 0 Å². The Bertz CT molecular complexity index is 669. The van der Waals surface area contributed by atoms with Crippen molar-refractivity contribution in [2.75, 3.05) is 39.4 Å². The minimum atomic E-state index is -0.209. The van der Waals surface area contributed by atoms with E-state index in [1.807, 2.05) is 12.1 Å². The number of fused-ring (bicyclic) bond motifs is 2. The van der Waals surface area contributed by atoms with Gasteiger partial charge in [-0.25, -0.2) is 4.39 Å². The fourth-order valence-electron chi connectivity index (χ4n) is 4.47. The summed E-state index contributed by atoms with van der Waals surface area (Å²) in [6, 6.07) is 7.25. The van der Waals surface area contributed by atoms with Gasteiger partial charge in [-0.3, -0.25) is 9.89 Å². The zero-order valence-electron chi connectivity index (χ0n) is 17.0. The second kappa shape index (κ2) is 10.9. The van der Waals surface area contributed by atoms with Crippen LogP contribution in [-0.2, 0) is 9.47 Å². The summed E-state index contributed by atoms with van der Waals surface area (Å²) in [4.78, 5) is 7.28. The lowest BCUT2D eigenvalue weighted by Crippen LogP contribution is -2.48. The highest BCUT2D eigenvalue weighted by Gasteiger charge is 2.41. The fraction of sp³-hybridized carbons (Fsp3) is 0.667. The molecule has 2 bridgehead atoms. The molecule has 3 fully saturated rings. The molecular weight excluding hydrogens is 486 g/mol. The molecule has 3 saturated heterocycles. The van der Waals surface area contributed by atoms with E-state index in [1.165, 1.54) is 18.6 Å². The molecule has 3 aliphatic heterocycles. The van der Waals surface area contributed by atoms with E-state index in [9.17, 15) is 4.39 Å². The predicted octanol–water partition coefficient (Wildman–Crippen LogP) is 2.69. The van der Waals surface area contributed by atoms with Gasteiger partial charge < -0.3 is 20.1 Å². The van der Waals surface area contributed by atoms with Crippen LogP contribution >= 0.6 is 24.0 Å². The van der Waals surface area contributed by atoms with Crippen LogP contribution in [0.25, 0.3) is 0 Å². The summed E-state index contributed by atoms with van der Waals surface area (Å²) in [5, 5.41) is 6.95. The summed E-state index contributed by atoms with van der Waals surface area (Å²) < 4.78 is 24.9. The lowest BCUT2D eigenvalue weighted by molar-refractivity contribution is 0.0179. The number of hydrogen-bond donors (Lipinski definition) is 2. The molecule has 162 valence electrons. The first-order valence-corrected chi connectivity index (χ1v) is 10.5. The maximum Gasteiger partial charge on any atom is 0.191 e. The smallest absolute Gasteiger partial charge is 0.191 e. The number of morpholine rings is 1. The SMILES string of the molecule is CCNC(=NCC(c1ccc(F)cc1)N1CCOCC1)NC1CC2CCC1O2.I. The molecule has 0 aromatic heterocycles. The zero-order valence-corrected chi connectivity index (χ0v) is 19.3. The number of nitrogens with zero attached hydrogens (tertiary/aromatic N) is 2. The number of rotatable bonds is 6. The van der Waals surface area contributed by atoms with Crippen molar-refractivity contribution in [2.24, 2.45) is 4.99 Å². The molecule has 6 nitrogen and oxygen atoms in total. The third kappa shape index (κ3) is 5.80. The van der Waals surface area contributed by atoms with Crippen molar-refractivity contribution < 1.29 is 13.9 Å². The predicted molar refractivity (Wildman–Crippen MR) is 122 cm³/mol. The Kier molecular flexibility index (Phi) is 8.52. The van der Waals surface area contributed by atoms with Crippen molar-refractivity contribution in [3.63, 3.8) is 0 Å². The molecule has 4 unspecified atom stereocenters. The van der Waals surface area contributed by atoms with E-state index in [0.29, 0.717) is 24.8 Å². The van der Waals surface area contributed by atoms with Gasteiger partial charge in [-0.1, -0.05) is 12.1 Å². The Labute approximate surface area is 189 Å². The minimum Gasteiger partial charge on any atom is -0.379 e. The third-order valence-corrected chi connectivity index (χ3v) is 5.94. The van der Waals surface area contributed by atoms with Gasteiger partial charge in [0.05, 0.1) is 44.1 Å². The first-order valence-electron chi connectivity index (χ1n) is 10.5. The molecular formula is C21H32FIN4O2. The topological polar surface area (TPSA) is 58.1 Å². The third-order valence-electron chi connectivity index (χ3n) is 5.94. The van der Waals surface area contributed by atoms with Crippen LogP contribution in [0.4, 0.5) is 4.39 Å². The molecule has 0 saturated carbocycles. The van der Waals surface area contributed by atoms with Crippen molar-refractivity contribution in [1.82, 2.24) is 15.5 Å². The number of guanidine groups is 1. The lowest BCUT2D eigenvalue weighted by Gasteiger charge is -2.34. The summed E-state index contributed by atoms with van der Waals surface area (Å²) in [6.07, 6.45) is 4.08. The Balaban J connectivity index is 0.00000240. The van der Waals surface area contributed by atoms with Crippen molar-refractivity contribution in [3.8, 4) is 0 Å². The second-order valence-corrected chi connectivity index (χ2v) is 7.80. The lowest BCUT2D eigenvalue weighted by atomic mass is 9.96. The molecule has 0 radical (unpaired) electrons. The Morgan fingerprint density at radius 2 is 2.00 bits per heavy atom. The van der Waals surface area contributed by atoms with Gasteiger partial charge in [-0.05, 0) is 43.9 Å².